The van der Waals surface area contributed by atoms with Gasteiger partial charge in [0.1, 0.15) is 5.01 Å². The van der Waals surface area contributed by atoms with Gasteiger partial charge in [-0.2, -0.15) is 0 Å². The van der Waals surface area contributed by atoms with Gasteiger partial charge in [-0.05, 0) is 17.7 Å². The van der Waals surface area contributed by atoms with Crippen molar-refractivity contribution in [2.45, 2.75) is 13.0 Å². The van der Waals surface area contributed by atoms with E-state index in [0.29, 0.717) is 5.01 Å². The third-order valence-electron chi connectivity index (χ3n) is 1.99. The Morgan fingerprint density at radius 3 is 2.93 bits per heavy atom. The first-order chi connectivity index (χ1) is 7.19. The van der Waals surface area contributed by atoms with Crippen molar-refractivity contribution in [1.82, 2.24) is 4.98 Å². The number of fused-ring (bicyclic) bond motifs is 1. The number of aliphatic carboxylic acids is 1. The summed E-state index contributed by atoms with van der Waals surface area (Å²) in [4.78, 5) is 14.7. The van der Waals surface area contributed by atoms with Gasteiger partial charge in [-0.25, -0.2) is 4.98 Å². The topological polar surface area (TPSA) is 70.4 Å². The second kappa shape index (κ2) is 3.96. The molecule has 0 fully saturated rings. The third kappa shape index (κ3) is 2.14. The van der Waals surface area contributed by atoms with E-state index in [9.17, 15) is 4.79 Å². The predicted octanol–water partition coefficient (Wildman–Crippen LogP) is 1.42. The van der Waals surface area contributed by atoms with Crippen LogP contribution in [0.2, 0.25) is 0 Å². The van der Waals surface area contributed by atoms with E-state index < -0.39 is 5.97 Å². The quantitative estimate of drug-likeness (QED) is 0.825. The Morgan fingerprint density at radius 2 is 2.27 bits per heavy atom. The fourth-order valence-electron chi connectivity index (χ4n) is 1.37. The predicted molar refractivity (Wildman–Crippen MR) is 56.9 cm³/mol. The maximum atomic E-state index is 10.5. The molecule has 0 spiro atoms. The molecule has 1 heterocycles. The van der Waals surface area contributed by atoms with Crippen LogP contribution in [0.5, 0.6) is 0 Å². The number of carboxylic acids is 1. The van der Waals surface area contributed by atoms with Gasteiger partial charge in [0, 0.05) is 0 Å². The molecule has 1 aromatic carbocycles. The molecular weight excluding hydrogens is 214 g/mol. The van der Waals surface area contributed by atoms with Crippen molar-refractivity contribution in [3.63, 3.8) is 0 Å². The summed E-state index contributed by atoms with van der Waals surface area (Å²) in [6.45, 7) is -0.0758. The Labute approximate surface area is 89.8 Å². The molecule has 0 amide bonds. The van der Waals surface area contributed by atoms with Crippen LogP contribution in [0.3, 0.4) is 0 Å². The second-order valence-corrected chi connectivity index (χ2v) is 4.25. The van der Waals surface area contributed by atoms with Crippen molar-refractivity contribution in [2.75, 3.05) is 0 Å². The Bertz CT molecular complexity index is 506. The van der Waals surface area contributed by atoms with Crippen LogP contribution < -0.4 is 0 Å². The molecule has 1 aromatic heterocycles. The first-order valence-corrected chi connectivity index (χ1v) is 5.21. The van der Waals surface area contributed by atoms with Crippen molar-refractivity contribution < 1.29 is 15.0 Å². The van der Waals surface area contributed by atoms with Gasteiger partial charge < -0.3 is 10.2 Å². The minimum atomic E-state index is -0.846. The maximum Gasteiger partial charge on any atom is 0.307 e. The Hall–Kier alpha value is -1.46. The number of aromatic nitrogens is 1. The average Bonchev–Trinajstić information content (AvgIpc) is 2.58. The molecule has 2 rings (SSSR count). The molecule has 2 aromatic rings. The van der Waals surface area contributed by atoms with Gasteiger partial charge in [0.05, 0.1) is 23.2 Å². The number of hydrogen-bond acceptors (Lipinski definition) is 4. The molecule has 5 heteroatoms. The molecule has 0 atom stereocenters. The normalized spacial score (nSPS) is 10.7. The molecule has 0 unspecified atom stereocenters. The monoisotopic (exact) mass is 223 g/mol. The largest absolute Gasteiger partial charge is 0.481 e. The Morgan fingerprint density at radius 1 is 1.47 bits per heavy atom. The van der Waals surface area contributed by atoms with Gasteiger partial charge in [0.25, 0.3) is 0 Å². The Balaban J connectivity index is 2.41. The maximum absolute atomic E-state index is 10.5. The number of carboxylic acid groups (broad SMARTS) is 1. The lowest BCUT2D eigenvalue weighted by Crippen LogP contribution is -1.99. The van der Waals surface area contributed by atoms with E-state index in [1.54, 1.807) is 18.2 Å². The molecule has 0 radical (unpaired) electrons. The molecule has 0 bridgehead atoms. The zero-order chi connectivity index (χ0) is 10.8. The lowest BCUT2D eigenvalue weighted by atomic mass is 10.1. The van der Waals surface area contributed by atoms with Gasteiger partial charge in [-0.1, -0.05) is 6.07 Å². The van der Waals surface area contributed by atoms with Crippen molar-refractivity contribution in [3.05, 3.63) is 28.8 Å². The van der Waals surface area contributed by atoms with E-state index in [1.807, 2.05) is 0 Å². The number of rotatable bonds is 3. The summed E-state index contributed by atoms with van der Waals surface area (Å²) in [5.41, 5.74) is 1.56. The molecule has 15 heavy (non-hydrogen) atoms. The fourth-order valence-corrected chi connectivity index (χ4v) is 2.26. The number of aliphatic hydroxyl groups is 1. The number of carbonyl (C=O) groups is 1. The number of aliphatic hydroxyl groups excluding tert-OH is 1. The van der Waals surface area contributed by atoms with Crippen LogP contribution in [-0.4, -0.2) is 21.2 Å². The van der Waals surface area contributed by atoms with Crippen LogP contribution in [0.4, 0.5) is 0 Å². The highest BCUT2D eigenvalue weighted by atomic mass is 32.1. The number of hydrogen-bond donors (Lipinski definition) is 2. The van der Waals surface area contributed by atoms with Gasteiger partial charge in [0.15, 0.2) is 0 Å². The first-order valence-electron chi connectivity index (χ1n) is 4.40. The molecule has 0 aliphatic heterocycles. The van der Waals surface area contributed by atoms with E-state index in [1.165, 1.54) is 11.3 Å². The molecule has 78 valence electrons. The zero-order valence-corrected chi connectivity index (χ0v) is 8.62. The van der Waals surface area contributed by atoms with E-state index in [-0.39, 0.29) is 13.0 Å². The summed E-state index contributed by atoms with van der Waals surface area (Å²) in [5, 5.41) is 18.2. The van der Waals surface area contributed by atoms with Crippen molar-refractivity contribution in [2.24, 2.45) is 0 Å². The van der Waals surface area contributed by atoms with Crippen LogP contribution >= 0.6 is 11.3 Å². The zero-order valence-electron chi connectivity index (χ0n) is 7.80. The van der Waals surface area contributed by atoms with Gasteiger partial charge in [-0.15, -0.1) is 11.3 Å². The van der Waals surface area contributed by atoms with E-state index in [2.05, 4.69) is 4.98 Å². The highest BCUT2D eigenvalue weighted by Gasteiger charge is 2.05. The van der Waals surface area contributed by atoms with E-state index in [4.69, 9.17) is 10.2 Å². The standard InChI is InChI=1S/C10H9NO3S/c12-5-9-11-7-2-1-6(4-10(13)14)3-8(7)15-9/h1-3,12H,4-5H2,(H,13,14). The molecule has 2 N–H and O–H groups in total. The van der Waals surface area contributed by atoms with E-state index in [0.717, 1.165) is 15.8 Å². The summed E-state index contributed by atoms with van der Waals surface area (Å²) in [7, 11) is 0. The molecule has 0 aliphatic rings. The number of nitrogens with zero attached hydrogens (tertiary/aromatic N) is 1. The lowest BCUT2D eigenvalue weighted by molar-refractivity contribution is -0.136. The molecule has 0 saturated heterocycles. The van der Waals surface area contributed by atoms with Crippen molar-refractivity contribution >= 4 is 27.5 Å². The number of thiazole rings is 1. The SMILES string of the molecule is O=C(O)Cc1ccc2nc(CO)sc2c1. The van der Waals surface area contributed by atoms with Crippen molar-refractivity contribution in [3.8, 4) is 0 Å². The fraction of sp³-hybridized carbons (Fsp3) is 0.200. The summed E-state index contributed by atoms with van der Waals surface area (Å²) in [6.07, 6.45) is 0.0162. The van der Waals surface area contributed by atoms with Crippen molar-refractivity contribution in [1.29, 1.82) is 0 Å². The summed E-state index contributed by atoms with van der Waals surface area (Å²) >= 11 is 1.38. The molecular formula is C10H9NO3S. The summed E-state index contributed by atoms with van der Waals surface area (Å²) in [5.74, 6) is -0.846. The average molecular weight is 223 g/mol. The number of benzene rings is 1. The Kier molecular flexibility index (Phi) is 2.66. The molecule has 0 saturated carbocycles. The molecule has 0 aliphatic carbocycles. The lowest BCUT2D eigenvalue weighted by Gasteiger charge is -1.95. The highest BCUT2D eigenvalue weighted by molar-refractivity contribution is 7.18. The van der Waals surface area contributed by atoms with Gasteiger partial charge in [-0.3, -0.25) is 4.79 Å². The van der Waals surface area contributed by atoms with Crippen LogP contribution in [0.1, 0.15) is 10.6 Å². The van der Waals surface area contributed by atoms with Crippen LogP contribution in [0, 0.1) is 0 Å². The second-order valence-electron chi connectivity index (χ2n) is 3.14. The van der Waals surface area contributed by atoms with Crippen LogP contribution in [0.15, 0.2) is 18.2 Å². The minimum absolute atomic E-state index is 0.0162. The van der Waals surface area contributed by atoms with Gasteiger partial charge in [0.2, 0.25) is 0 Å². The van der Waals surface area contributed by atoms with Crippen LogP contribution in [-0.2, 0) is 17.8 Å². The summed E-state index contributed by atoms with van der Waals surface area (Å²) in [6, 6.07) is 5.33. The first kappa shape index (κ1) is 10.1. The smallest absolute Gasteiger partial charge is 0.307 e. The van der Waals surface area contributed by atoms with Gasteiger partial charge >= 0.3 is 5.97 Å². The highest BCUT2D eigenvalue weighted by Crippen LogP contribution is 2.23. The van der Waals surface area contributed by atoms with E-state index >= 15 is 0 Å². The molecule has 4 nitrogen and oxygen atoms in total. The third-order valence-corrected chi connectivity index (χ3v) is 2.99. The van der Waals surface area contributed by atoms with Crippen LogP contribution in [0.25, 0.3) is 10.2 Å². The minimum Gasteiger partial charge on any atom is -0.481 e. The summed E-state index contributed by atoms with van der Waals surface area (Å²) < 4.78 is 0.915.